The maximum absolute atomic E-state index is 11.1. The van der Waals surface area contributed by atoms with Crippen molar-refractivity contribution >= 4 is 6.09 Å². The second-order valence-electron chi connectivity index (χ2n) is 4.12. The Morgan fingerprint density at radius 3 is 2.60 bits per heavy atom. The van der Waals surface area contributed by atoms with E-state index in [9.17, 15) is 4.79 Å². The minimum absolute atomic E-state index is 0.340. The first-order valence-corrected chi connectivity index (χ1v) is 5.00. The quantitative estimate of drug-likeness (QED) is 0.528. The lowest BCUT2D eigenvalue weighted by Gasteiger charge is -2.19. The molecule has 0 heterocycles. The fourth-order valence-electron chi connectivity index (χ4n) is 0.862. The lowest BCUT2D eigenvalue weighted by atomic mass is 10.2. The molecule has 0 unspecified atom stereocenters. The van der Waals surface area contributed by atoms with E-state index in [1.807, 2.05) is 26.8 Å². The zero-order chi connectivity index (χ0) is 11.7. The summed E-state index contributed by atoms with van der Waals surface area (Å²) >= 11 is 0. The lowest BCUT2D eigenvalue weighted by molar-refractivity contribution is 0.0527. The Bertz CT molecular complexity index is 228. The minimum atomic E-state index is -0.455. The van der Waals surface area contributed by atoms with E-state index >= 15 is 0 Å². The molecule has 0 spiro atoms. The van der Waals surface area contributed by atoms with Crippen molar-refractivity contribution in [3.05, 3.63) is 0 Å². The van der Waals surface area contributed by atoms with E-state index in [1.54, 1.807) is 0 Å². The molecule has 2 N–H and O–H groups in total. The van der Waals surface area contributed by atoms with Crippen molar-refractivity contribution < 1.29 is 9.53 Å². The highest BCUT2D eigenvalue weighted by atomic mass is 16.6. The number of ether oxygens (including phenoxy) is 1. The van der Waals surface area contributed by atoms with Gasteiger partial charge in [0.1, 0.15) is 5.60 Å². The topological polar surface area (TPSA) is 74.2 Å². The van der Waals surface area contributed by atoms with Crippen molar-refractivity contribution in [2.24, 2.45) is 0 Å². The molecule has 5 heteroatoms. The number of carbonyl (C=O) groups excluding carboxylic acids is 1. The van der Waals surface area contributed by atoms with Gasteiger partial charge in [-0.2, -0.15) is 5.26 Å². The molecular formula is C10H19N3O2. The molecule has 0 aromatic carbocycles. The van der Waals surface area contributed by atoms with E-state index < -0.39 is 11.7 Å². The first-order valence-electron chi connectivity index (χ1n) is 5.00. The minimum Gasteiger partial charge on any atom is -0.444 e. The summed E-state index contributed by atoms with van der Waals surface area (Å²) < 4.78 is 5.04. The van der Waals surface area contributed by atoms with Gasteiger partial charge in [0.2, 0.25) is 0 Å². The van der Waals surface area contributed by atoms with Gasteiger partial charge in [0.15, 0.2) is 0 Å². The van der Waals surface area contributed by atoms with Crippen LogP contribution in [-0.4, -0.2) is 31.3 Å². The molecule has 0 atom stereocenters. The van der Waals surface area contributed by atoms with E-state index in [-0.39, 0.29) is 0 Å². The Balaban J connectivity index is 3.37. The standard InChI is InChI=1S/C10H19N3O2/c1-10(2,3)15-9(14)13-7-4-6-12-8-5-11/h12H,4,6-8H2,1-3H3,(H,13,14). The Morgan fingerprint density at radius 1 is 1.40 bits per heavy atom. The van der Waals surface area contributed by atoms with Crippen LogP contribution in [0.3, 0.4) is 0 Å². The van der Waals surface area contributed by atoms with Gasteiger partial charge in [-0.1, -0.05) is 0 Å². The number of nitrogens with zero attached hydrogens (tertiary/aromatic N) is 1. The first kappa shape index (κ1) is 13.7. The molecule has 0 saturated carbocycles. The van der Waals surface area contributed by atoms with E-state index in [4.69, 9.17) is 10.00 Å². The summed E-state index contributed by atoms with van der Waals surface area (Å²) in [5.41, 5.74) is -0.455. The number of carbonyl (C=O) groups is 1. The molecule has 0 aliphatic heterocycles. The maximum atomic E-state index is 11.1. The van der Waals surface area contributed by atoms with Crippen LogP contribution in [0.5, 0.6) is 0 Å². The fraction of sp³-hybridized carbons (Fsp3) is 0.800. The van der Waals surface area contributed by atoms with Crippen molar-refractivity contribution in [3.8, 4) is 6.07 Å². The van der Waals surface area contributed by atoms with Crippen molar-refractivity contribution in [1.82, 2.24) is 10.6 Å². The molecule has 0 saturated heterocycles. The number of alkyl carbamates (subject to hydrolysis) is 1. The molecule has 0 aliphatic rings. The predicted octanol–water partition coefficient (Wildman–Crippen LogP) is 1.01. The molecule has 15 heavy (non-hydrogen) atoms. The van der Waals surface area contributed by atoms with Crippen LogP contribution in [0.1, 0.15) is 27.2 Å². The third-order valence-electron chi connectivity index (χ3n) is 1.40. The zero-order valence-electron chi connectivity index (χ0n) is 9.59. The van der Waals surface area contributed by atoms with E-state index in [0.717, 1.165) is 6.42 Å². The van der Waals surface area contributed by atoms with Crippen LogP contribution in [0, 0.1) is 11.3 Å². The first-order chi connectivity index (χ1) is 6.95. The summed E-state index contributed by atoms with van der Waals surface area (Å²) in [6.07, 6.45) is 0.378. The summed E-state index contributed by atoms with van der Waals surface area (Å²) in [6, 6.07) is 1.98. The Labute approximate surface area is 90.8 Å². The predicted molar refractivity (Wildman–Crippen MR) is 57.3 cm³/mol. The van der Waals surface area contributed by atoms with Crippen LogP contribution in [0.15, 0.2) is 0 Å². The van der Waals surface area contributed by atoms with Crippen molar-refractivity contribution in [1.29, 1.82) is 5.26 Å². The molecule has 0 fully saturated rings. The largest absolute Gasteiger partial charge is 0.444 e. The SMILES string of the molecule is CC(C)(C)OC(=O)NCCCNCC#N. The summed E-state index contributed by atoms with van der Waals surface area (Å²) in [5, 5.41) is 13.8. The van der Waals surface area contributed by atoms with E-state index in [2.05, 4.69) is 10.6 Å². The molecule has 0 radical (unpaired) electrons. The van der Waals surface area contributed by atoms with Crippen LogP contribution < -0.4 is 10.6 Å². The highest BCUT2D eigenvalue weighted by Crippen LogP contribution is 2.06. The summed E-state index contributed by atoms with van der Waals surface area (Å²) in [7, 11) is 0. The molecule has 0 bridgehead atoms. The van der Waals surface area contributed by atoms with Gasteiger partial charge in [-0.25, -0.2) is 4.79 Å². The van der Waals surface area contributed by atoms with Gasteiger partial charge in [-0.05, 0) is 33.7 Å². The molecule has 86 valence electrons. The molecule has 1 amide bonds. The average molecular weight is 213 g/mol. The summed E-state index contributed by atoms with van der Waals surface area (Å²) in [5.74, 6) is 0. The van der Waals surface area contributed by atoms with Crippen LogP contribution in [0.2, 0.25) is 0 Å². The van der Waals surface area contributed by atoms with Crippen LogP contribution in [-0.2, 0) is 4.74 Å². The molecule has 0 rings (SSSR count). The van der Waals surface area contributed by atoms with Gasteiger partial charge in [0, 0.05) is 6.54 Å². The number of amides is 1. The highest BCUT2D eigenvalue weighted by molar-refractivity contribution is 5.67. The number of rotatable bonds is 5. The lowest BCUT2D eigenvalue weighted by Crippen LogP contribution is -2.33. The summed E-state index contributed by atoms with van der Waals surface area (Å²) in [6.45, 7) is 7.06. The molecule has 5 nitrogen and oxygen atoms in total. The smallest absolute Gasteiger partial charge is 0.407 e. The molecule has 0 aromatic rings. The monoisotopic (exact) mass is 213 g/mol. The van der Waals surface area contributed by atoms with Crippen molar-refractivity contribution in [2.75, 3.05) is 19.6 Å². The average Bonchev–Trinajstić information content (AvgIpc) is 2.08. The summed E-state index contributed by atoms with van der Waals surface area (Å²) in [4.78, 5) is 11.1. The van der Waals surface area contributed by atoms with Gasteiger partial charge in [0.25, 0.3) is 0 Å². The van der Waals surface area contributed by atoms with Gasteiger partial charge in [-0.15, -0.1) is 0 Å². The molecule has 0 aliphatic carbocycles. The Hall–Kier alpha value is -1.28. The number of hydrogen-bond acceptors (Lipinski definition) is 4. The van der Waals surface area contributed by atoms with Crippen LogP contribution in [0.25, 0.3) is 0 Å². The van der Waals surface area contributed by atoms with Crippen molar-refractivity contribution in [3.63, 3.8) is 0 Å². The Morgan fingerprint density at radius 2 is 2.07 bits per heavy atom. The van der Waals surface area contributed by atoms with Crippen LogP contribution >= 0.6 is 0 Å². The third-order valence-corrected chi connectivity index (χ3v) is 1.40. The van der Waals surface area contributed by atoms with Gasteiger partial charge in [0.05, 0.1) is 12.6 Å². The van der Waals surface area contributed by atoms with E-state index in [1.165, 1.54) is 0 Å². The van der Waals surface area contributed by atoms with Crippen LogP contribution in [0.4, 0.5) is 4.79 Å². The molecule has 0 aromatic heterocycles. The normalized spacial score (nSPS) is 10.5. The molecular weight excluding hydrogens is 194 g/mol. The number of nitrogens with one attached hydrogen (secondary N) is 2. The fourth-order valence-corrected chi connectivity index (χ4v) is 0.862. The van der Waals surface area contributed by atoms with Gasteiger partial charge in [-0.3, -0.25) is 0 Å². The third kappa shape index (κ3) is 10.6. The second-order valence-corrected chi connectivity index (χ2v) is 4.12. The van der Waals surface area contributed by atoms with Gasteiger partial charge < -0.3 is 15.4 Å². The number of hydrogen-bond donors (Lipinski definition) is 2. The van der Waals surface area contributed by atoms with E-state index in [0.29, 0.717) is 19.6 Å². The highest BCUT2D eigenvalue weighted by Gasteiger charge is 2.15. The zero-order valence-corrected chi connectivity index (χ0v) is 9.59. The van der Waals surface area contributed by atoms with Crippen molar-refractivity contribution in [2.45, 2.75) is 32.8 Å². The maximum Gasteiger partial charge on any atom is 0.407 e. The van der Waals surface area contributed by atoms with Gasteiger partial charge >= 0.3 is 6.09 Å². The second kappa shape index (κ2) is 7.07. The Kier molecular flexibility index (Phi) is 6.47. The number of nitriles is 1.